The first-order valence-corrected chi connectivity index (χ1v) is 5.58. The van der Waals surface area contributed by atoms with Crippen LogP contribution < -0.4 is 4.74 Å². The van der Waals surface area contributed by atoms with Gasteiger partial charge in [-0.25, -0.2) is 9.97 Å². The summed E-state index contributed by atoms with van der Waals surface area (Å²) in [6, 6.07) is 1.67. The highest BCUT2D eigenvalue weighted by atomic mass is 16.5. The van der Waals surface area contributed by atoms with Gasteiger partial charge >= 0.3 is 0 Å². The molecule has 0 N–H and O–H groups in total. The number of ketones is 1. The second kappa shape index (κ2) is 5.35. The first-order chi connectivity index (χ1) is 8.66. The van der Waals surface area contributed by atoms with Crippen LogP contribution in [0.5, 0.6) is 5.75 Å². The maximum Gasteiger partial charge on any atom is 0.197 e. The number of aromatic nitrogens is 3. The van der Waals surface area contributed by atoms with E-state index in [1.54, 1.807) is 12.3 Å². The minimum absolute atomic E-state index is 0.0391. The molecule has 2 aromatic heterocycles. The molecule has 0 aliphatic carbocycles. The van der Waals surface area contributed by atoms with E-state index in [-0.39, 0.29) is 11.9 Å². The summed E-state index contributed by atoms with van der Waals surface area (Å²) in [6.45, 7) is 3.83. The van der Waals surface area contributed by atoms with Gasteiger partial charge in [0.05, 0.1) is 17.9 Å². The Kier molecular flexibility index (Phi) is 3.62. The summed E-state index contributed by atoms with van der Waals surface area (Å²) in [5.41, 5.74) is 0.893. The van der Waals surface area contributed by atoms with Crippen LogP contribution in [0.25, 0.3) is 0 Å². The smallest absolute Gasteiger partial charge is 0.197 e. The fraction of sp³-hybridized carbons (Fsp3) is 0.231. The Morgan fingerprint density at radius 1 is 1.06 bits per heavy atom. The van der Waals surface area contributed by atoms with Crippen molar-refractivity contribution in [3.63, 3.8) is 0 Å². The van der Waals surface area contributed by atoms with Crippen LogP contribution in [0.2, 0.25) is 0 Å². The summed E-state index contributed by atoms with van der Waals surface area (Å²) in [6.07, 6.45) is 7.46. The standard InChI is InChI=1S/C13H13N3O2/c1-9(2)18-12-3-10(4-14-7-12)13(17)11-5-15-8-16-6-11/h3-9H,1-2H3. The van der Waals surface area contributed by atoms with E-state index in [1.165, 1.54) is 24.9 Å². The van der Waals surface area contributed by atoms with Gasteiger partial charge in [0.2, 0.25) is 0 Å². The van der Waals surface area contributed by atoms with Crippen LogP contribution in [-0.2, 0) is 0 Å². The number of pyridine rings is 1. The normalized spacial score (nSPS) is 10.4. The zero-order valence-electron chi connectivity index (χ0n) is 10.2. The van der Waals surface area contributed by atoms with Gasteiger partial charge in [-0.2, -0.15) is 0 Å². The first kappa shape index (κ1) is 12.2. The first-order valence-electron chi connectivity index (χ1n) is 5.58. The van der Waals surface area contributed by atoms with E-state index >= 15 is 0 Å². The van der Waals surface area contributed by atoms with Crippen molar-refractivity contribution < 1.29 is 9.53 Å². The van der Waals surface area contributed by atoms with Crippen molar-refractivity contribution >= 4 is 5.78 Å². The lowest BCUT2D eigenvalue weighted by molar-refractivity contribution is 0.103. The molecule has 2 heterocycles. The molecule has 2 rings (SSSR count). The molecule has 18 heavy (non-hydrogen) atoms. The Morgan fingerprint density at radius 3 is 2.39 bits per heavy atom. The average molecular weight is 243 g/mol. The number of carbonyl (C=O) groups is 1. The number of carbonyl (C=O) groups excluding carboxylic acids is 1. The predicted octanol–water partition coefficient (Wildman–Crippen LogP) is 1.89. The number of rotatable bonds is 4. The average Bonchev–Trinajstić information content (AvgIpc) is 2.38. The summed E-state index contributed by atoms with van der Waals surface area (Å²) >= 11 is 0. The molecule has 0 bridgehead atoms. The third-order valence-corrected chi connectivity index (χ3v) is 2.17. The van der Waals surface area contributed by atoms with Gasteiger partial charge < -0.3 is 4.74 Å². The van der Waals surface area contributed by atoms with Gasteiger partial charge in [0.1, 0.15) is 12.1 Å². The molecule has 0 spiro atoms. The maximum absolute atomic E-state index is 12.1. The lowest BCUT2D eigenvalue weighted by Gasteiger charge is -2.09. The van der Waals surface area contributed by atoms with Gasteiger partial charge in [-0.15, -0.1) is 0 Å². The van der Waals surface area contributed by atoms with Gasteiger partial charge in [-0.05, 0) is 19.9 Å². The Balaban J connectivity index is 2.26. The molecule has 0 saturated carbocycles. The minimum atomic E-state index is -0.169. The van der Waals surface area contributed by atoms with Crippen molar-refractivity contribution in [2.75, 3.05) is 0 Å². The number of hydrogen-bond acceptors (Lipinski definition) is 5. The number of hydrogen-bond donors (Lipinski definition) is 0. The molecule has 0 amide bonds. The van der Waals surface area contributed by atoms with Crippen molar-refractivity contribution in [1.82, 2.24) is 15.0 Å². The van der Waals surface area contributed by atoms with Crippen LogP contribution >= 0.6 is 0 Å². The summed E-state index contributed by atoms with van der Waals surface area (Å²) in [7, 11) is 0. The Morgan fingerprint density at radius 2 is 1.72 bits per heavy atom. The fourth-order valence-corrected chi connectivity index (χ4v) is 1.46. The van der Waals surface area contributed by atoms with E-state index in [4.69, 9.17) is 4.74 Å². The molecule has 5 nitrogen and oxygen atoms in total. The summed E-state index contributed by atoms with van der Waals surface area (Å²) in [5, 5.41) is 0. The quantitative estimate of drug-likeness (QED) is 0.767. The largest absolute Gasteiger partial charge is 0.489 e. The van der Waals surface area contributed by atoms with E-state index in [9.17, 15) is 4.79 Å². The van der Waals surface area contributed by atoms with E-state index in [0.29, 0.717) is 16.9 Å². The molecule has 0 aliphatic heterocycles. The molecule has 0 atom stereocenters. The highest BCUT2D eigenvalue weighted by Gasteiger charge is 2.11. The molecule has 5 heteroatoms. The van der Waals surface area contributed by atoms with Crippen LogP contribution in [0.4, 0.5) is 0 Å². The molecular weight excluding hydrogens is 230 g/mol. The minimum Gasteiger partial charge on any atom is -0.489 e. The molecule has 0 fully saturated rings. The van der Waals surface area contributed by atoms with Gasteiger partial charge in [0.15, 0.2) is 5.78 Å². The third kappa shape index (κ3) is 2.88. The second-order valence-electron chi connectivity index (χ2n) is 4.03. The van der Waals surface area contributed by atoms with Gasteiger partial charge in [0, 0.05) is 24.2 Å². The zero-order chi connectivity index (χ0) is 13.0. The zero-order valence-corrected chi connectivity index (χ0v) is 10.2. The van der Waals surface area contributed by atoms with E-state index < -0.39 is 0 Å². The molecule has 0 aliphatic rings. The van der Waals surface area contributed by atoms with Gasteiger partial charge in [0.25, 0.3) is 0 Å². The molecule has 0 aromatic carbocycles. The van der Waals surface area contributed by atoms with Crippen molar-refractivity contribution in [1.29, 1.82) is 0 Å². The molecular formula is C13H13N3O2. The van der Waals surface area contributed by atoms with Crippen LogP contribution in [-0.4, -0.2) is 26.8 Å². The molecule has 0 unspecified atom stereocenters. The van der Waals surface area contributed by atoms with E-state index in [1.807, 2.05) is 13.8 Å². The van der Waals surface area contributed by atoms with E-state index in [0.717, 1.165) is 0 Å². The molecule has 2 aromatic rings. The number of ether oxygens (including phenoxy) is 1. The van der Waals surface area contributed by atoms with Crippen LogP contribution in [0.3, 0.4) is 0 Å². The Bertz CT molecular complexity index is 541. The Labute approximate surface area is 105 Å². The SMILES string of the molecule is CC(C)Oc1cncc(C(=O)c2cncnc2)c1. The summed E-state index contributed by atoms with van der Waals surface area (Å²) < 4.78 is 5.49. The lowest BCUT2D eigenvalue weighted by atomic mass is 10.1. The van der Waals surface area contributed by atoms with Crippen LogP contribution in [0.15, 0.2) is 37.2 Å². The topological polar surface area (TPSA) is 65.0 Å². The van der Waals surface area contributed by atoms with Crippen LogP contribution in [0, 0.1) is 0 Å². The summed E-state index contributed by atoms with van der Waals surface area (Å²) in [5.74, 6) is 0.407. The van der Waals surface area contributed by atoms with E-state index in [2.05, 4.69) is 15.0 Å². The van der Waals surface area contributed by atoms with Crippen molar-refractivity contribution in [2.24, 2.45) is 0 Å². The third-order valence-electron chi connectivity index (χ3n) is 2.17. The predicted molar refractivity (Wildman–Crippen MR) is 65.5 cm³/mol. The highest BCUT2D eigenvalue weighted by Crippen LogP contribution is 2.15. The van der Waals surface area contributed by atoms with Crippen molar-refractivity contribution in [3.05, 3.63) is 48.3 Å². The van der Waals surface area contributed by atoms with Gasteiger partial charge in [-0.3, -0.25) is 9.78 Å². The molecule has 0 radical (unpaired) electrons. The van der Waals surface area contributed by atoms with Gasteiger partial charge in [-0.1, -0.05) is 0 Å². The molecule has 92 valence electrons. The Hall–Kier alpha value is -2.30. The number of nitrogens with zero attached hydrogens (tertiary/aromatic N) is 3. The summed E-state index contributed by atoms with van der Waals surface area (Å²) in [4.78, 5) is 23.7. The highest BCUT2D eigenvalue weighted by molar-refractivity contribution is 6.08. The maximum atomic E-state index is 12.1. The van der Waals surface area contributed by atoms with Crippen molar-refractivity contribution in [2.45, 2.75) is 20.0 Å². The van der Waals surface area contributed by atoms with Crippen molar-refractivity contribution in [3.8, 4) is 5.75 Å². The fourth-order valence-electron chi connectivity index (χ4n) is 1.46. The monoisotopic (exact) mass is 243 g/mol. The second-order valence-corrected chi connectivity index (χ2v) is 4.03. The molecule has 0 saturated heterocycles. The van der Waals surface area contributed by atoms with Crippen LogP contribution in [0.1, 0.15) is 29.8 Å². The lowest BCUT2D eigenvalue weighted by Crippen LogP contribution is -2.08.